The molecule has 10 heteroatoms. The van der Waals surface area contributed by atoms with Gasteiger partial charge in [0.2, 0.25) is 15.9 Å². The Bertz CT molecular complexity index is 753. The molecule has 0 radical (unpaired) electrons. The van der Waals surface area contributed by atoms with E-state index in [1.54, 1.807) is 0 Å². The molecule has 1 fully saturated rings. The van der Waals surface area contributed by atoms with Gasteiger partial charge in [0, 0.05) is 13.1 Å². The van der Waals surface area contributed by atoms with Crippen LogP contribution in [0.4, 0.5) is 18.9 Å². The van der Waals surface area contributed by atoms with Gasteiger partial charge in [-0.15, -0.1) is 0 Å². The predicted molar refractivity (Wildman–Crippen MR) is 88.8 cm³/mol. The molecule has 0 spiro atoms. The largest absolute Gasteiger partial charge is 0.416 e. The van der Waals surface area contributed by atoms with Crippen molar-refractivity contribution >= 4 is 33.2 Å². The number of piperidine rings is 1. The molecule has 1 unspecified atom stereocenters. The molecule has 1 aromatic rings. The van der Waals surface area contributed by atoms with E-state index in [1.165, 1.54) is 11.2 Å². The summed E-state index contributed by atoms with van der Waals surface area (Å²) < 4.78 is 63.5. The molecule has 25 heavy (non-hydrogen) atoms. The zero-order valence-electron chi connectivity index (χ0n) is 13.4. The van der Waals surface area contributed by atoms with Crippen LogP contribution in [0.2, 0.25) is 5.02 Å². The number of carbonyl (C=O) groups excluding carboxylic acids is 1. The second-order valence-electron chi connectivity index (χ2n) is 5.78. The van der Waals surface area contributed by atoms with E-state index in [1.807, 2.05) is 0 Å². The van der Waals surface area contributed by atoms with Gasteiger partial charge in [0.25, 0.3) is 0 Å². The van der Waals surface area contributed by atoms with Crippen molar-refractivity contribution in [2.24, 2.45) is 5.92 Å². The lowest BCUT2D eigenvalue weighted by atomic mass is 9.98. The number of amides is 1. The van der Waals surface area contributed by atoms with Crippen LogP contribution in [-0.4, -0.2) is 37.5 Å². The van der Waals surface area contributed by atoms with Gasteiger partial charge in [-0.1, -0.05) is 11.6 Å². The molecule has 1 N–H and O–H groups in total. The Kier molecular flexibility index (Phi) is 6.01. The number of alkyl halides is 3. The Morgan fingerprint density at radius 1 is 1.40 bits per heavy atom. The van der Waals surface area contributed by atoms with E-state index in [-0.39, 0.29) is 23.0 Å². The standard InChI is InChI=1S/C15H18ClF3N2O3S/c1-2-25(23,24)21-7-3-4-10(9-21)14(22)20-13-8-11(15(17,18)19)5-6-12(13)16/h5-6,8,10H,2-4,7,9H2,1H3,(H,20,22). The lowest BCUT2D eigenvalue weighted by molar-refractivity contribution is -0.137. The average Bonchev–Trinajstić information content (AvgIpc) is 2.56. The number of benzene rings is 1. The minimum atomic E-state index is -4.55. The molecule has 140 valence electrons. The summed E-state index contributed by atoms with van der Waals surface area (Å²) in [6, 6.07) is 2.66. The summed E-state index contributed by atoms with van der Waals surface area (Å²) in [5, 5.41) is 2.37. The van der Waals surface area contributed by atoms with Crippen molar-refractivity contribution in [3.63, 3.8) is 0 Å². The van der Waals surface area contributed by atoms with Crippen LogP contribution in [0.25, 0.3) is 0 Å². The molecule has 0 aliphatic carbocycles. The van der Waals surface area contributed by atoms with Crippen molar-refractivity contribution in [3.05, 3.63) is 28.8 Å². The van der Waals surface area contributed by atoms with Gasteiger partial charge < -0.3 is 5.32 Å². The highest BCUT2D eigenvalue weighted by atomic mass is 35.5. The second-order valence-corrected chi connectivity index (χ2v) is 8.44. The molecule has 1 saturated heterocycles. The highest BCUT2D eigenvalue weighted by molar-refractivity contribution is 7.89. The maximum Gasteiger partial charge on any atom is 0.416 e. The normalized spacial score (nSPS) is 19.6. The van der Waals surface area contributed by atoms with Crippen molar-refractivity contribution in [3.8, 4) is 0 Å². The van der Waals surface area contributed by atoms with Gasteiger partial charge in [-0.2, -0.15) is 13.2 Å². The number of halogens is 4. The van der Waals surface area contributed by atoms with E-state index in [0.29, 0.717) is 19.4 Å². The number of anilines is 1. The number of nitrogens with one attached hydrogen (secondary N) is 1. The summed E-state index contributed by atoms with van der Waals surface area (Å²) >= 11 is 5.86. The number of hydrogen-bond acceptors (Lipinski definition) is 3. The monoisotopic (exact) mass is 398 g/mol. The Balaban J connectivity index is 2.14. The fourth-order valence-electron chi connectivity index (χ4n) is 2.62. The molecule has 1 atom stereocenters. The molecule has 5 nitrogen and oxygen atoms in total. The van der Waals surface area contributed by atoms with E-state index < -0.39 is 33.6 Å². The smallest absolute Gasteiger partial charge is 0.324 e. The van der Waals surface area contributed by atoms with Crippen LogP contribution in [0.1, 0.15) is 25.3 Å². The minimum absolute atomic E-state index is 0.0125. The number of sulfonamides is 1. The number of nitrogens with zero attached hydrogens (tertiary/aromatic N) is 1. The molecule has 1 aliphatic heterocycles. The van der Waals surface area contributed by atoms with Crippen LogP contribution >= 0.6 is 11.6 Å². The first-order chi connectivity index (χ1) is 11.5. The molecule has 0 bridgehead atoms. The fraction of sp³-hybridized carbons (Fsp3) is 0.533. The summed E-state index contributed by atoms with van der Waals surface area (Å²) in [7, 11) is -3.42. The van der Waals surface area contributed by atoms with Crippen LogP contribution in [0, 0.1) is 5.92 Å². The van der Waals surface area contributed by atoms with Gasteiger partial charge >= 0.3 is 6.18 Å². The third-order valence-corrected chi connectivity index (χ3v) is 6.24. The second kappa shape index (κ2) is 7.51. The molecule has 1 amide bonds. The van der Waals surface area contributed by atoms with Gasteiger partial charge in [0.1, 0.15) is 0 Å². The van der Waals surface area contributed by atoms with Crippen molar-refractivity contribution in [2.75, 3.05) is 24.2 Å². The van der Waals surface area contributed by atoms with Gasteiger partial charge in [-0.05, 0) is 38.0 Å². The van der Waals surface area contributed by atoms with E-state index >= 15 is 0 Å². The zero-order valence-corrected chi connectivity index (χ0v) is 15.0. The maximum atomic E-state index is 12.8. The van der Waals surface area contributed by atoms with E-state index in [9.17, 15) is 26.4 Å². The molecular formula is C15H18ClF3N2O3S. The van der Waals surface area contributed by atoms with Crippen LogP contribution < -0.4 is 5.32 Å². The van der Waals surface area contributed by atoms with Gasteiger partial charge in [0.15, 0.2) is 0 Å². The van der Waals surface area contributed by atoms with Gasteiger partial charge in [-0.25, -0.2) is 12.7 Å². The van der Waals surface area contributed by atoms with Gasteiger partial charge in [0.05, 0.1) is 27.9 Å². The van der Waals surface area contributed by atoms with Crippen LogP contribution in [0.5, 0.6) is 0 Å². The third kappa shape index (κ3) is 4.86. The lowest BCUT2D eigenvalue weighted by Crippen LogP contribution is -2.44. The minimum Gasteiger partial charge on any atom is -0.324 e. The molecule has 2 rings (SSSR count). The highest BCUT2D eigenvalue weighted by Gasteiger charge is 2.33. The molecule has 1 aliphatic rings. The van der Waals surface area contributed by atoms with Crippen molar-refractivity contribution < 1.29 is 26.4 Å². The van der Waals surface area contributed by atoms with Crippen molar-refractivity contribution in [2.45, 2.75) is 25.9 Å². The fourth-order valence-corrected chi connectivity index (χ4v) is 3.97. The summed E-state index contributed by atoms with van der Waals surface area (Å²) in [6.07, 6.45) is -3.59. The summed E-state index contributed by atoms with van der Waals surface area (Å²) in [5.41, 5.74) is -1.07. The Hall–Kier alpha value is -1.32. The maximum absolute atomic E-state index is 12.8. The summed E-state index contributed by atoms with van der Waals surface area (Å²) in [5.74, 6) is -1.25. The van der Waals surface area contributed by atoms with E-state index in [4.69, 9.17) is 11.6 Å². The lowest BCUT2D eigenvalue weighted by Gasteiger charge is -2.31. The quantitative estimate of drug-likeness (QED) is 0.845. The first kappa shape index (κ1) is 20.0. The van der Waals surface area contributed by atoms with Crippen LogP contribution in [0.3, 0.4) is 0 Å². The SMILES string of the molecule is CCS(=O)(=O)N1CCCC(C(=O)Nc2cc(C(F)(F)F)ccc2Cl)C1. The molecule has 0 aromatic heterocycles. The first-order valence-electron chi connectivity index (χ1n) is 7.70. The summed E-state index contributed by atoms with van der Waals surface area (Å²) in [6.45, 7) is 1.87. The van der Waals surface area contributed by atoms with Crippen LogP contribution in [-0.2, 0) is 21.0 Å². The molecule has 1 aromatic carbocycles. The average molecular weight is 399 g/mol. The number of rotatable bonds is 4. The van der Waals surface area contributed by atoms with E-state index in [0.717, 1.165) is 18.2 Å². The molecule has 0 saturated carbocycles. The van der Waals surface area contributed by atoms with Gasteiger partial charge in [-0.3, -0.25) is 4.79 Å². The molecule has 1 heterocycles. The van der Waals surface area contributed by atoms with Crippen molar-refractivity contribution in [1.29, 1.82) is 0 Å². The summed E-state index contributed by atoms with van der Waals surface area (Å²) in [4.78, 5) is 12.4. The Labute approximate surface area is 149 Å². The topological polar surface area (TPSA) is 66.5 Å². The van der Waals surface area contributed by atoms with E-state index in [2.05, 4.69) is 5.32 Å². The Morgan fingerprint density at radius 2 is 2.08 bits per heavy atom. The molecular weight excluding hydrogens is 381 g/mol. The number of carbonyl (C=O) groups is 1. The van der Waals surface area contributed by atoms with Crippen LogP contribution in [0.15, 0.2) is 18.2 Å². The highest BCUT2D eigenvalue weighted by Crippen LogP contribution is 2.34. The zero-order chi connectivity index (χ0) is 18.8. The number of hydrogen-bond donors (Lipinski definition) is 1. The third-order valence-electron chi connectivity index (χ3n) is 4.06. The first-order valence-corrected chi connectivity index (χ1v) is 9.68. The predicted octanol–water partition coefficient (Wildman–Crippen LogP) is 3.36. The Morgan fingerprint density at radius 3 is 2.68 bits per heavy atom. The van der Waals surface area contributed by atoms with Crippen molar-refractivity contribution in [1.82, 2.24) is 4.31 Å².